The van der Waals surface area contributed by atoms with Crippen LogP contribution in [0.25, 0.3) is 0 Å². The highest BCUT2D eigenvalue weighted by Gasteiger charge is 2.18. The van der Waals surface area contributed by atoms with Gasteiger partial charge in [0.25, 0.3) is 10.0 Å². The summed E-state index contributed by atoms with van der Waals surface area (Å²) in [6, 6.07) is 6.05. The van der Waals surface area contributed by atoms with Crippen molar-refractivity contribution >= 4 is 33.4 Å². The van der Waals surface area contributed by atoms with E-state index < -0.39 is 10.0 Å². The molecule has 0 atom stereocenters. The number of likely N-dealkylation sites (N-methyl/N-ethyl adjacent to an activating group) is 1. The number of hydrogen-bond acceptors (Lipinski definition) is 7. The van der Waals surface area contributed by atoms with Crippen molar-refractivity contribution in [2.24, 2.45) is 4.99 Å². The minimum absolute atomic E-state index is 0.0163. The molecule has 0 aromatic heterocycles. The number of nitrogens with zero attached hydrogens (tertiary/aromatic N) is 2. The van der Waals surface area contributed by atoms with E-state index >= 15 is 0 Å². The quantitative estimate of drug-likeness (QED) is 0.416. The van der Waals surface area contributed by atoms with E-state index in [1.807, 2.05) is 0 Å². The Labute approximate surface area is 189 Å². The van der Waals surface area contributed by atoms with Gasteiger partial charge in [0.15, 0.2) is 0 Å². The summed E-state index contributed by atoms with van der Waals surface area (Å²) in [5.74, 6) is -0.0635. The molecule has 0 saturated heterocycles. The van der Waals surface area contributed by atoms with Crippen LogP contribution in [-0.4, -0.2) is 77.9 Å². The van der Waals surface area contributed by atoms with Crippen molar-refractivity contribution in [3.63, 3.8) is 0 Å². The molecule has 0 bridgehead atoms. The van der Waals surface area contributed by atoms with Crippen molar-refractivity contribution < 1.29 is 22.7 Å². The summed E-state index contributed by atoms with van der Waals surface area (Å²) in [6.45, 7) is 1.75. The second-order valence-corrected chi connectivity index (χ2v) is 9.37. The molecule has 0 fully saturated rings. The zero-order chi connectivity index (χ0) is 23.4. The largest absolute Gasteiger partial charge is 0.385 e. The number of sulfonamides is 1. The first-order chi connectivity index (χ1) is 15.3. The zero-order valence-electron chi connectivity index (χ0n) is 18.7. The Morgan fingerprint density at radius 1 is 1.16 bits per heavy atom. The van der Waals surface area contributed by atoms with Gasteiger partial charge in [-0.1, -0.05) is 12.5 Å². The van der Waals surface area contributed by atoms with E-state index in [0.717, 1.165) is 19.3 Å². The van der Waals surface area contributed by atoms with Crippen LogP contribution in [0, 0.1) is 0 Å². The van der Waals surface area contributed by atoms with E-state index in [1.165, 1.54) is 12.1 Å². The summed E-state index contributed by atoms with van der Waals surface area (Å²) < 4.78 is 32.9. The van der Waals surface area contributed by atoms with E-state index in [2.05, 4.69) is 20.3 Å². The number of nitrogens with one attached hydrogen (secondary N) is 3. The highest BCUT2D eigenvalue weighted by atomic mass is 32.2. The summed E-state index contributed by atoms with van der Waals surface area (Å²) in [6.07, 6.45) is 4.20. The number of benzene rings is 1. The Morgan fingerprint density at radius 2 is 1.94 bits per heavy atom. The van der Waals surface area contributed by atoms with Crippen LogP contribution in [0.15, 0.2) is 34.2 Å². The minimum Gasteiger partial charge on any atom is -0.385 e. The second kappa shape index (κ2) is 13.1. The van der Waals surface area contributed by atoms with Crippen LogP contribution < -0.4 is 15.4 Å². The Hall–Kier alpha value is -2.50. The van der Waals surface area contributed by atoms with Crippen LogP contribution in [0.1, 0.15) is 32.1 Å². The number of carbonyl (C=O) groups is 2. The average molecular weight is 468 g/mol. The van der Waals surface area contributed by atoms with Gasteiger partial charge < -0.3 is 15.4 Å². The Balaban J connectivity index is 1.87. The van der Waals surface area contributed by atoms with E-state index in [1.54, 1.807) is 31.2 Å². The molecule has 1 aliphatic heterocycles. The summed E-state index contributed by atoms with van der Waals surface area (Å²) in [7, 11) is -0.532. The molecule has 11 heteroatoms. The van der Waals surface area contributed by atoms with Gasteiger partial charge in [0.1, 0.15) is 5.84 Å². The maximum absolute atomic E-state index is 12.7. The van der Waals surface area contributed by atoms with Crippen molar-refractivity contribution in [2.45, 2.75) is 37.0 Å². The van der Waals surface area contributed by atoms with Gasteiger partial charge in [-0.3, -0.25) is 24.2 Å². The monoisotopic (exact) mass is 467 g/mol. The number of carbonyl (C=O) groups excluding carboxylic acids is 2. The van der Waals surface area contributed by atoms with Gasteiger partial charge in [-0.25, -0.2) is 8.42 Å². The molecule has 2 amide bonds. The third kappa shape index (κ3) is 9.33. The average Bonchev–Trinajstić information content (AvgIpc) is 2.99. The molecular weight excluding hydrogens is 434 g/mol. The van der Waals surface area contributed by atoms with Gasteiger partial charge in [0.2, 0.25) is 11.8 Å². The third-order valence-electron chi connectivity index (χ3n) is 4.73. The number of rotatable bonds is 11. The summed E-state index contributed by atoms with van der Waals surface area (Å²) in [5.41, 5.74) is 0.359. The van der Waals surface area contributed by atoms with Gasteiger partial charge in [-0.15, -0.1) is 0 Å². The van der Waals surface area contributed by atoms with E-state index in [4.69, 9.17) is 4.74 Å². The van der Waals surface area contributed by atoms with Gasteiger partial charge in [-0.05, 0) is 44.5 Å². The molecule has 0 aliphatic carbocycles. The fourth-order valence-corrected chi connectivity index (χ4v) is 4.29. The van der Waals surface area contributed by atoms with E-state index in [0.29, 0.717) is 44.1 Å². The normalized spacial score (nSPS) is 14.4. The first kappa shape index (κ1) is 25.8. The fourth-order valence-electron chi connectivity index (χ4n) is 3.16. The number of hydrogen-bond donors (Lipinski definition) is 3. The van der Waals surface area contributed by atoms with Crippen molar-refractivity contribution in [3.8, 4) is 0 Å². The van der Waals surface area contributed by atoms with Gasteiger partial charge >= 0.3 is 0 Å². The molecule has 32 heavy (non-hydrogen) atoms. The summed E-state index contributed by atoms with van der Waals surface area (Å²) in [5, 5.41) is 5.44. The van der Waals surface area contributed by atoms with Crippen LogP contribution in [-0.2, 0) is 24.3 Å². The predicted octanol–water partition coefficient (Wildman–Crippen LogP) is 0.960. The lowest BCUT2D eigenvalue weighted by Gasteiger charge is -2.16. The number of amidine groups is 1. The van der Waals surface area contributed by atoms with E-state index in [9.17, 15) is 18.0 Å². The smallest absolute Gasteiger partial charge is 0.262 e. The van der Waals surface area contributed by atoms with Crippen molar-refractivity contribution in [1.82, 2.24) is 14.9 Å². The van der Waals surface area contributed by atoms with Crippen LogP contribution in [0.2, 0.25) is 0 Å². The lowest BCUT2D eigenvalue weighted by atomic mass is 10.2. The minimum atomic E-state index is -3.79. The standard InChI is InChI=1S/C21H33N5O5S/c1-26(15-20(27)23-12-7-13-31-2)16-21(28)24-17-8-6-9-18(14-17)32(29,30)25-19-10-4-3-5-11-22-19/h6,8-9,14H,3-5,7,10-13,15-16H2,1-2H3,(H,22,25)(H,23,27)(H,24,28). The molecule has 178 valence electrons. The molecule has 0 radical (unpaired) electrons. The number of methoxy groups -OCH3 is 1. The lowest BCUT2D eigenvalue weighted by molar-refractivity contribution is -0.123. The lowest BCUT2D eigenvalue weighted by Crippen LogP contribution is -2.39. The molecule has 0 spiro atoms. The first-order valence-electron chi connectivity index (χ1n) is 10.7. The van der Waals surface area contributed by atoms with Crippen LogP contribution >= 0.6 is 0 Å². The first-order valence-corrected chi connectivity index (χ1v) is 12.2. The summed E-state index contributed by atoms with van der Waals surface area (Å²) in [4.78, 5) is 30.1. The van der Waals surface area contributed by atoms with Crippen LogP contribution in [0.4, 0.5) is 5.69 Å². The maximum atomic E-state index is 12.7. The SMILES string of the molecule is COCCCNC(=O)CN(C)CC(=O)Nc1cccc(S(=O)(=O)NC2=NCCCCC2)c1. The van der Waals surface area contributed by atoms with E-state index in [-0.39, 0.29) is 29.8 Å². The third-order valence-corrected chi connectivity index (χ3v) is 6.11. The molecule has 2 rings (SSSR count). The summed E-state index contributed by atoms with van der Waals surface area (Å²) >= 11 is 0. The molecule has 0 unspecified atom stereocenters. The molecule has 1 heterocycles. The molecule has 10 nitrogen and oxygen atoms in total. The molecule has 1 aromatic carbocycles. The topological polar surface area (TPSA) is 129 Å². The molecule has 1 aliphatic rings. The molecule has 1 aromatic rings. The highest BCUT2D eigenvalue weighted by Crippen LogP contribution is 2.16. The zero-order valence-corrected chi connectivity index (χ0v) is 19.5. The number of aliphatic imine (C=N–C) groups is 1. The van der Waals surface area contributed by atoms with Gasteiger partial charge in [-0.2, -0.15) is 0 Å². The maximum Gasteiger partial charge on any atom is 0.262 e. The number of ether oxygens (including phenoxy) is 1. The van der Waals surface area contributed by atoms with Crippen molar-refractivity contribution in [3.05, 3.63) is 24.3 Å². The molecular formula is C21H33N5O5S. The fraction of sp³-hybridized carbons (Fsp3) is 0.571. The number of amides is 2. The Kier molecular flexibility index (Phi) is 10.6. The van der Waals surface area contributed by atoms with Crippen LogP contribution in [0.3, 0.4) is 0 Å². The Bertz CT molecular complexity index is 904. The molecule has 3 N–H and O–H groups in total. The van der Waals surface area contributed by atoms with Crippen molar-refractivity contribution in [2.75, 3.05) is 52.3 Å². The number of anilines is 1. The Morgan fingerprint density at radius 3 is 2.72 bits per heavy atom. The second-order valence-electron chi connectivity index (χ2n) is 7.69. The van der Waals surface area contributed by atoms with Crippen molar-refractivity contribution in [1.29, 1.82) is 0 Å². The highest BCUT2D eigenvalue weighted by molar-refractivity contribution is 7.90. The molecule has 0 saturated carbocycles. The predicted molar refractivity (Wildman–Crippen MR) is 123 cm³/mol. The van der Waals surface area contributed by atoms with Gasteiger partial charge in [0.05, 0.1) is 18.0 Å². The van der Waals surface area contributed by atoms with Crippen LogP contribution in [0.5, 0.6) is 0 Å². The van der Waals surface area contributed by atoms with Gasteiger partial charge in [0, 0.05) is 38.9 Å².